The van der Waals surface area contributed by atoms with Crippen molar-refractivity contribution in [1.82, 2.24) is 5.32 Å². The summed E-state index contributed by atoms with van der Waals surface area (Å²) in [6.45, 7) is 0.636. The molecule has 0 aliphatic rings. The molecule has 1 N–H and O–H groups in total. The minimum atomic E-state index is -3.10. The van der Waals surface area contributed by atoms with Gasteiger partial charge in [0, 0.05) is 17.7 Å². The van der Waals surface area contributed by atoms with E-state index in [0.29, 0.717) is 23.9 Å². The van der Waals surface area contributed by atoms with Gasteiger partial charge in [-0.25, -0.2) is 8.42 Å². The second-order valence-corrected chi connectivity index (χ2v) is 6.73. The zero-order chi connectivity index (χ0) is 14.3. The number of hydrogen-bond acceptors (Lipinski definition) is 4. The van der Waals surface area contributed by atoms with E-state index in [0.717, 1.165) is 6.26 Å². The minimum Gasteiger partial charge on any atom is -0.492 e. The molecule has 1 aromatic rings. The molecule has 0 saturated carbocycles. The molecular weight excluding hydrogens is 290 g/mol. The first-order valence-corrected chi connectivity index (χ1v) is 8.13. The Morgan fingerprint density at radius 2 is 1.95 bits per heavy atom. The van der Waals surface area contributed by atoms with Crippen LogP contribution in [-0.2, 0) is 14.6 Å². The summed E-state index contributed by atoms with van der Waals surface area (Å²) in [6, 6.07) is 6.88. The molecule has 0 fully saturated rings. The van der Waals surface area contributed by atoms with E-state index < -0.39 is 9.84 Å². The first-order chi connectivity index (χ1) is 8.87. The van der Waals surface area contributed by atoms with Crippen LogP contribution in [-0.4, -0.2) is 39.5 Å². The third-order valence-electron chi connectivity index (χ3n) is 2.21. The molecule has 1 amide bonds. The van der Waals surface area contributed by atoms with Crippen molar-refractivity contribution in [3.8, 4) is 5.75 Å². The second kappa shape index (κ2) is 7.35. The van der Waals surface area contributed by atoms with E-state index >= 15 is 0 Å². The lowest BCUT2D eigenvalue weighted by molar-refractivity contribution is -0.120. The molecule has 0 atom stereocenters. The molecule has 106 valence electrons. The van der Waals surface area contributed by atoms with Gasteiger partial charge in [-0.15, -0.1) is 0 Å². The number of sulfone groups is 1. The molecule has 0 bridgehead atoms. The van der Waals surface area contributed by atoms with Crippen LogP contribution in [0, 0.1) is 0 Å². The maximum absolute atomic E-state index is 11.3. The van der Waals surface area contributed by atoms with Gasteiger partial charge in [-0.3, -0.25) is 4.79 Å². The van der Waals surface area contributed by atoms with Gasteiger partial charge < -0.3 is 10.1 Å². The maximum atomic E-state index is 11.3. The van der Waals surface area contributed by atoms with Crippen LogP contribution in [0.3, 0.4) is 0 Å². The standard InChI is InChI=1S/C12H16ClNO4S/c1-19(16,17)9-6-12(15)14-7-8-18-11-4-2-10(13)3-5-11/h2-5H,6-9H2,1H3,(H,14,15). The van der Waals surface area contributed by atoms with Gasteiger partial charge in [0.25, 0.3) is 0 Å². The molecule has 0 saturated heterocycles. The fourth-order valence-corrected chi connectivity index (χ4v) is 1.94. The summed E-state index contributed by atoms with van der Waals surface area (Å²) in [6.07, 6.45) is 1.07. The average molecular weight is 306 g/mol. The number of carbonyl (C=O) groups is 1. The normalized spacial score (nSPS) is 11.1. The van der Waals surface area contributed by atoms with Crippen molar-refractivity contribution in [1.29, 1.82) is 0 Å². The lowest BCUT2D eigenvalue weighted by Gasteiger charge is -2.07. The van der Waals surface area contributed by atoms with Crippen LogP contribution in [0.1, 0.15) is 6.42 Å². The fraction of sp³-hybridized carbons (Fsp3) is 0.417. The smallest absolute Gasteiger partial charge is 0.221 e. The van der Waals surface area contributed by atoms with E-state index in [9.17, 15) is 13.2 Å². The molecule has 0 heterocycles. The molecule has 1 aromatic carbocycles. The van der Waals surface area contributed by atoms with E-state index in [2.05, 4.69) is 5.32 Å². The quantitative estimate of drug-likeness (QED) is 0.770. The first-order valence-electron chi connectivity index (χ1n) is 5.69. The first kappa shape index (κ1) is 15.8. The van der Waals surface area contributed by atoms with E-state index in [1.165, 1.54) is 0 Å². The van der Waals surface area contributed by atoms with Gasteiger partial charge in [0.1, 0.15) is 22.2 Å². The summed E-state index contributed by atoms with van der Waals surface area (Å²) < 4.78 is 27.1. The van der Waals surface area contributed by atoms with Crippen LogP contribution < -0.4 is 10.1 Å². The summed E-state index contributed by atoms with van der Waals surface area (Å²) in [5.74, 6) is 0.219. The van der Waals surface area contributed by atoms with Crippen molar-refractivity contribution in [3.63, 3.8) is 0 Å². The molecule has 0 radical (unpaired) electrons. The highest BCUT2D eigenvalue weighted by Gasteiger charge is 2.07. The predicted molar refractivity (Wildman–Crippen MR) is 74.3 cm³/mol. The van der Waals surface area contributed by atoms with Gasteiger partial charge in [-0.2, -0.15) is 0 Å². The zero-order valence-corrected chi connectivity index (χ0v) is 12.1. The van der Waals surface area contributed by atoms with Crippen molar-refractivity contribution in [2.75, 3.05) is 25.2 Å². The van der Waals surface area contributed by atoms with Crippen LogP contribution in [0.15, 0.2) is 24.3 Å². The molecule has 5 nitrogen and oxygen atoms in total. The van der Waals surface area contributed by atoms with Crippen LogP contribution >= 0.6 is 11.6 Å². The van der Waals surface area contributed by atoms with Gasteiger partial charge in [0.2, 0.25) is 5.91 Å². The minimum absolute atomic E-state index is 0.0280. The topological polar surface area (TPSA) is 72.5 Å². The highest BCUT2D eigenvalue weighted by molar-refractivity contribution is 7.90. The average Bonchev–Trinajstić information content (AvgIpc) is 2.33. The molecule has 0 unspecified atom stereocenters. The lowest BCUT2D eigenvalue weighted by atomic mass is 10.3. The Morgan fingerprint density at radius 3 is 2.53 bits per heavy atom. The number of benzene rings is 1. The van der Waals surface area contributed by atoms with Crippen molar-refractivity contribution in [2.45, 2.75) is 6.42 Å². The molecule has 0 aliphatic heterocycles. The van der Waals surface area contributed by atoms with Gasteiger partial charge in [0.15, 0.2) is 0 Å². The Morgan fingerprint density at radius 1 is 1.32 bits per heavy atom. The van der Waals surface area contributed by atoms with Crippen molar-refractivity contribution in [2.24, 2.45) is 0 Å². The third-order valence-corrected chi connectivity index (χ3v) is 3.40. The highest BCUT2D eigenvalue weighted by Crippen LogP contribution is 2.14. The van der Waals surface area contributed by atoms with Crippen molar-refractivity contribution < 1.29 is 17.9 Å². The second-order valence-electron chi connectivity index (χ2n) is 4.03. The maximum Gasteiger partial charge on any atom is 0.221 e. The Bertz CT molecular complexity index is 513. The predicted octanol–water partition coefficient (Wildman–Crippen LogP) is 1.27. The van der Waals surface area contributed by atoms with Crippen LogP contribution in [0.5, 0.6) is 5.75 Å². The number of rotatable bonds is 7. The number of carbonyl (C=O) groups excluding carboxylic acids is 1. The molecule has 19 heavy (non-hydrogen) atoms. The number of ether oxygens (including phenoxy) is 1. The number of amides is 1. The summed E-state index contributed by atoms with van der Waals surface area (Å²) >= 11 is 5.72. The van der Waals surface area contributed by atoms with Crippen molar-refractivity contribution >= 4 is 27.3 Å². The highest BCUT2D eigenvalue weighted by atomic mass is 35.5. The number of hydrogen-bond donors (Lipinski definition) is 1. The molecule has 0 spiro atoms. The molecule has 7 heteroatoms. The van der Waals surface area contributed by atoms with Gasteiger partial charge in [-0.1, -0.05) is 11.6 Å². The summed E-state index contributed by atoms with van der Waals surface area (Å²) in [4.78, 5) is 11.3. The van der Waals surface area contributed by atoms with E-state index in [1.807, 2.05) is 0 Å². The molecule has 1 rings (SSSR count). The Balaban J connectivity index is 2.17. The Labute approximate surface area is 117 Å². The van der Waals surface area contributed by atoms with Crippen LogP contribution in [0.2, 0.25) is 5.02 Å². The largest absolute Gasteiger partial charge is 0.492 e. The van der Waals surface area contributed by atoms with Gasteiger partial charge in [-0.05, 0) is 24.3 Å². The molecule has 0 aliphatic carbocycles. The van der Waals surface area contributed by atoms with Crippen LogP contribution in [0.25, 0.3) is 0 Å². The van der Waals surface area contributed by atoms with E-state index in [4.69, 9.17) is 16.3 Å². The molecule has 0 aromatic heterocycles. The van der Waals surface area contributed by atoms with Gasteiger partial charge >= 0.3 is 0 Å². The van der Waals surface area contributed by atoms with Crippen LogP contribution in [0.4, 0.5) is 0 Å². The number of nitrogens with one attached hydrogen (secondary N) is 1. The summed E-state index contributed by atoms with van der Waals surface area (Å²) in [5.41, 5.74) is 0. The third kappa shape index (κ3) is 7.69. The summed E-state index contributed by atoms with van der Waals surface area (Å²) in [5, 5.41) is 3.21. The van der Waals surface area contributed by atoms with E-state index in [-0.39, 0.29) is 18.1 Å². The Kier molecular flexibility index (Phi) is 6.11. The van der Waals surface area contributed by atoms with Gasteiger partial charge in [0.05, 0.1) is 12.3 Å². The zero-order valence-electron chi connectivity index (χ0n) is 10.6. The van der Waals surface area contributed by atoms with Crippen molar-refractivity contribution in [3.05, 3.63) is 29.3 Å². The van der Waals surface area contributed by atoms with E-state index in [1.54, 1.807) is 24.3 Å². The fourth-order valence-electron chi connectivity index (χ4n) is 1.26. The lowest BCUT2D eigenvalue weighted by Crippen LogP contribution is -2.29. The monoisotopic (exact) mass is 305 g/mol. The molecular formula is C12H16ClNO4S. The Hall–Kier alpha value is -1.27. The summed E-state index contributed by atoms with van der Waals surface area (Å²) in [7, 11) is -3.10. The number of halogens is 1. The SMILES string of the molecule is CS(=O)(=O)CCC(=O)NCCOc1ccc(Cl)cc1.